The van der Waals surface area contributed by atoms with Gasteiger partial charge in [0.05, 0.1) is 6.20 Å². The largest absolute Gasteiger partial charge is 0.368 e. The van der Waals surface area contributed by atoms with Gasteiger partial charge in [-0.25, -0.2) is 0 Å². The molecule has 0 aromatic carbocycles. The van der Waals surface area contributed by atoms with Crippen LogP contribution in [0.3, 0.4) is 0 Å². The minimum absolute atomic E-state index is 0.683. The molecular formula is C9H11N5O. The first-order chi connectivity index (χ1) is 7.34. The molecule has 2 rings (SSSR count). The minimum Gasteiger partial charge on any atom is -0.368 e. The highest BCUT2D eigenvalue weighted by molar-refractivity contribution is 5.34. The number of anilines is 1. The molecular weight excluding hydrogens is 194 g/mol. The molecule has 0 spiro atoms. The standard InChI is InChI=1S/C9H11N5O/c1-7-4-9(13-12-5-7)10-3-2-8-11-6-15-14-8/h4-6H,2-3H2,1H3,(H,10,13). The van der Waals surface area contributed by atoms with Crippen molar-refractivity contribution in [1.82, 2.24) is 20.3 Å². The molecule has 15 heavy (non-hydrogen) atoms. The summed E-state index contributed by atoms with van der Waals surface area (Å²) in [5, 5.41) is 14.6. The lowest BCUT2D eigenvalue weighted by molar-refractivity contribution is 0.410. The molecule has 0 amide bonds. The van der Waals surface area contributed by atoms with E-state index < -0.39 is 0 Å². The fourth-order valence-corrected chi connectivity index (χ4v) is 1.16. The predicted octanol–water partition coefficient (Wildman–Crippen LogP) is 0.823. The van der Waals surface area contributed by atoms with Crippen LogP contribution in [0.15, 0.2) is 23.2 Å². The van der Waals surface area contributed by atoms with Crippen LogP contribution in [-0.2, 0) is 6.42 Å². The molecule has 0 aliphatic rings. The van der Waals surface area contributed by atoms with Gasteiger partial charge in [0.25, 0.3) is 0 Å². The lowest BCUT2D eigenvalue weighted by Crippen LogP contribution is -2.07. The summed E-state index contributed by atoms with van der Waals surface area (Å²) >= 11 is 0. The van der Waals surface area contributed by atoms with Crippen LogP contribution in [0.4, 0.5) is 5.82 Å². The molecule has 0 radical (unpaired) electrons. The average Bonchev–Trinajstić information content (AvgIpc) is 2.71. The number of aromatic nitrogens is 4. The third kappa shape index (κ3) is 2.73. The van der Waals surface area contributed by atoms with Crippen molar-refractivity contribution in [2.75, 3.05) is 11.9 Å². The van der Waals surface area contributed by atoms with Gasteiger partial charge in [0.1, 0.15) is 5.82 Å². The number of hydrogen-bond donors (Lipinski definition) is 1. The van der Waals surface area contributed by atoms with E-state index in [-0.39, 0.29) is 0 Å². The van der Waals surface area contributed by atoms with E-state index in [4.69, 9.17) is 0 Å². The normalized spacial score (nSPS) is 10.2. The summed E-state index contributed by atoms with van der Waals surface area (Å²) in [6.45, 7) is 2.68. The molecule has 0 fully saturated rings. The molecule has 0 saturated heterocycles. The number of aryl methyl sites for hydroxylation is 1. The molecule has 6 nitrogen and oxygen atoms in total. The van der Waals surface area contributed by atoms with Gasteiger partial charge in [0.2, 0.25) is 6.39 Å². The summed E-state index contributed by atoms with van der Waals surface area (Å²) in [6.07, 6.45) is 3.73. The second kappa shape index (κ2) is 4.50. The van der Waals surface area contributed by atoms with Gasteiger partial charge in [0, 0.05) is 13.0 Å². The van der Waals surface area contributed by atoms with Crippen molar-refractivity contribution < 1.29 is 4.52 Å². The molecule has 2 aromatic rings. The Kier molecular flexibility index (Phi) is 2.87. The van der Waals surface area contributed by atoms with Crippen LogP contribution >= 0.6 is 0 Å². The molecule has 0 aliphatic heterocycles. The van der Waals surface area contributed by atoms with Crippen LogP contribution in [-0.4, -0.2) is 26.9 Å². The first kappa shape index (κ1) is 9.57. The van der Waals surface area contributed by atoms with E-state index in [0.717, 1.165) is 11.4 Å². The zero-order valence-corrected chi connectivity index (χ0v) is 8.34. The fourth-order valence-electron chi connectivity index (χ4n) is 1.16. The maximum Gasteiger partial charge on any atom is 0.213 e. The van der Waals surface area contributed by atoms with Gasteiger partial charge in [-0.2, -0.15) is 10.1 Å². The van der Waals surface area contributed by atoms with Gasteiger partial charge in [-0.05, 0) is 18.6 Å². The van der Waals surface area contributed by atoms with E-state index in [2.05, 4.69) is 30.2 Å². The van der Waals surface area contributed by atoms with Crippen LogP contribution in [0, 0.1) is 6.92 Å². The summed E-state index contributed by atoms with van der Waals surface area (Å²) in [5.74, 6) is 1.45. The lowest BCUT2D eigenvalue weighted by Gasteiger charge is -2.02. The maximum atomic E-state index is 4.62. The number of nitrogens with zero attached hydrogens (tertiary/aromatic N) is 4. The summed E-state index contributed by atoms with van der Waals surface area (Å²) < 4.78 is 4.62. The molecule has 0 bridgehead atoms. The SMILES string of the molecule is Cc1cnnc(NCCc2ncon2)c1. The van der Waals surface area contributed by atoms with E-state index in [1.165, 1.54) is 6.39 Å². The molecule has 78 valence electrons. The molecule has 0 aliphatic carbocycles. The van der Waals surface area contributed by atoms with E-state index in [0.29, 0.717) is 18.8 Å². The molecule has 2 aromatic heterocycles. The summed E-state index contributed by atoms with van der Waals surface area (Å²) in [7, 11) is 0. The molecule has 0 saturated carbocycles. The van der Waals surface area contributed by atoms with Gasteiger partial charge in [-0.15, -0.1) is 5.10 Å². The smallest absolute Gasteiger partial charge is 0.213 e. The summed E-state index contributed by atoms with van der Waals surface area (Å²) in [5.41, 5.74) is 1.08. The van der Waals surface area contributed by atoms with Gasteiger partial charge >= 0.3 is 0 Å². The summed E-state index contributed by atoms with van der Waals surface area (Å²) in [6, 6.07) is 1.93. The van der Waals surface area contributed by atoms with Crippen molar-refractivity contribution in [3.63, 3.8) is 0 Å². The first-order valence-corrected chi connectivity index (χ1v) is 4.63. The van der Waals surface area contributed by atoms with Crippen LogP contribution in [0.25, 0.3) is 0 Å². The van der Waals surface area contributed by atoms with Crippen molar-refractivity contribution in [2.45, 2.75) is 13.3 Å². The van der Waals surface area contributed by atoms with Crippen molar-refractivity contribution >= 4 is 5.82 Å². The third-order valence-corrected chi connectivity index (χ3v) is 1.85. The number of hydrogen-bond acceptors (Lipinski definition) is 6. The molecule has 2 heterocycles. The highest BCUT2D eigenvalue weighted by atomic mass is 16.5. The zero-order chi connectivity index (χ0) is 10.5. The lowest BCUT2D eigenvalue weighted by atomic mass is 10.3. The minimum atomic E-state index is 0.683. The monoisotopic (exact) mass is 205 g/mol. The Morgan fingerprint density at radius 2 is 2.40 bits per heavy atom. The first-order valence-electron chi connectivity index (χ1n) is 4.63. The Labute approximate surface area is 86.7 Å². The number of rotatable bonds is 4. The van der Waals surface area contributed by atoms with E-state index in [1.54, 1.807) is 6.20 Å². The average molecular weight is 205 g/mol. The van der Waals surface area contributed by atoms with Gasteiger partial charge in [-0.3, -0.25) is 0 Å². The highest BCUT2D eigenvalue weighted by Crippen LogP contribution is 2.02. The van der Waals surface area contributed by atoms with Gasteiger partial charge in [0.15, 0.2) is 5.82 Å². The molecule has 6 heteroatoms. The second-order valence-electron chi connectivity index (χ2n) is 3.14. The van der Waals surface area contributed by atoms with Crippen molar-refractivity contribution in [3.8, 4) is 0 Å². The molecule has 0 atom stereocenters. The van der Waals surface area contributed by atoms with Crippen LogP contribution in [0.2, 0.25) is 0 Å². The van der Waals surface area contributed by atoms with Crippen molar-refractivity contribution in [3.05, 3.63) is 30.0 Å². The molecule has 1 N–H and O–H groups in total. The van der Waals surface area contributed by atoms with Crippen LogP contribution < -0.4 is 5.32 Å². The maximum absolute atomic E-state index is 4.62. The van der Waals surface area contributed by atoms with Crippen molar-refractivity contribution in [1.29, 1.82) is 0 Å². The van der Waals surface area contributed by atoms with E-state index in [9.17, 15) is 0 Å². The Bertz CT molecular complexity index is 414. The van der Waals surface area contributed by atoms with Gasteiger partial charge < -0.3 is 9.84 Å². The van der Waals surface area contributed by atoms with E-state index in [1.807, 2.05) is 13.0 Å². The van der Waals surface area contributed by atoms with Crippen LogP contribution in [0.5, 0.6) is 0 Å². The quantitative estimate of drug-likeness (QED) is 0.796. The van der Waals surface area contributed by atoms with E-state index >= 15 is 0 Å². The fraction of sp³-hybridized carbons (Fsp3) is 0.333. The van der Waals surface area contributed by atoms with Crippen molar-refractivity contribution in [2.24, 2.45) is 0 Å². The second-order valence-corrected chi connectivity index (χ2v) is 3.14. The Morgan fingerprint density at radius 1 is 1.47 bits per heavy atom. The highest BCUT2D eigenvalue weighted by Gasteiger charge is 1.99. The number of nitrogens with one attached hydrogen (secondary N) is 1. The van der Waals surface area contributed by atoms with Crippen LogP contribution in [0.1, 0.15) is 11.4 Å². The Morgan fingerprint density at radius 3 is 3.13 bits per heavy atom. The third-order valence-electron chi connectivity index (χ3n) is 1.85. The zero-order valence-electron chi connectivity index (χ0n) is 8.34. The Balaban J connectivity index is 1.83. The Hall–Kier alpha value is -1.98. The topological polar surface area (TPSA) is 76.7 Å². The summed E-state index contributed by atoms with van der Waals surface area (Å²) in [4.78, 5) is 3.91. The van der Waals surface area contributed by atoms with Gasteiger partial charge in [-0.1, -0.05) is 5.16 Å². The molecule has 0 unspecified atom stereocenters. The predicted molar refractivity (Wildman–Crippen MR) is 53.3 cm³/mol.